The van der Waals surface area contributed by atoms with Gasteiger partial charge in [0.05, 0.1) is 6.10 Å². The quantitative estimate of drug-likeness (QED) is 0.826. The van der Waals surface area contributed by atoms with Crippen molar-refractivity contribution in [2.45, 2.75) is 43.6 Å². The van der Waals surface area contributed by atoms with E-state index in [1.165, 1.54) is 16.4 Å². The fourth-order valence-corrected chi connectivity index (χ4v) is 4.34. The SMILES string of the molecule is CCCOC1CCCN(S(=O)(=O)c2cccc(F)c2C#N)CC1. The molecule has 0 spiro atoms. The molecule has 0 aliphatic carbocycles. The Kier molecular flexibility index (Phi) is 6.10. The average molecular weight is 340 g/mol. The predicted octanol–water partition coefficient (Wildman–Crippen LogP) is 2.67. The smallest absolute Gasteiger partial charge is 0.244 e. The van der Waals surface area contributed by atoms with Crippen LogP contribution in [0.2, 0.25) is 0 Å². The maximum absolute atomic E-state index is 13.7. The number of nitriles is 1. The third-order valence-electron chi connectivity index (χ3n) is 3.90. The maximum Gasteiger partial charge on any atom is 0.244 e. The molecule has 1 aliphatic rings. The van der Waals surface area contributed by atoms with Gasteiger partial charge in [0, 0.05) is 19.7 Å². The van der Waals surface area contributed by atoms with Crippen LogP contribution in [-0.4, -0.2) is 38.5 Å². The molecule has 1 saturated heterocycles. The molecular formula is C16H21FN2O3S. The number of hydrogen-bond acceptors (Lipinski definition) is 4. The van der Waals surface area contributed by atoms with Crippen LogP contribution in [0.1, 0.15) is 38.2 Å². The minimum Gasteiger partial charge on any atom is -0.378 e. The zero-order valence-corrected chi connectivity index (χ0v) is 14.0. The van der Waals surface area contributed by atoms with E-state index in [-0.39, 0.29) is 11.0 Å². The summed E-state index contributed by atoms with van der Waals surface area (Å²) in [6.45, 7) is 3.37. The third-order valence-corrected chi connectivity index (χ3v) is 5.84. The Morgan fingerprint density at radius 3 is 2.87 bits per heavy atom. The molecule has 7 heteroatoms. The van der Waals surface area contributed by atoms with Crippen molar-refractivity contribution in [2.24, 2.45) is 0 Å². The summed E-state index contributed by atoms with van der Waals surface area (Å²) in [5, 5.41) is 9.06. The lowest BCUT2D eigenvalue weighted by molar-refractivity contribution is 0.0450. The molecule has 0 aromatic heterocycles. The van der Waals surface area contributed by atoms with Crippen LogP contribution in [0.4, 0.5) is 4.39 Å². The van der Waals surface area contributed by atoms with Gasteiger partial charge in [0.25, 0.3) is 0 Å². The zero-order valence-electron chi connectivity index (χ0n) is 13.2. The van der Waals surface area contributed by atoms with Crippen LogP contribution in [0.15, 0.2) is 23.1 Å². The van der Waals surface area contributed by atoms with Gasteiger partial charge in [-0.25, -0.2) is 12.8 Å². The van der Waals surface area contributed by atoms with Crippen molar-refractivity contribution in [1.82, 2.24) is 4.31 Å². The number of rotatable bonds is 5. The molecule has 23 heavy (non-hydrogen) atoms. The summed E-state index contributed by atoms with van der Waals surface area (Å²) in [6.07, 6.45) is 3.08. The molecule has 5 nitrogen and oxygen atoms in total. The Morgan fingerprint density at radius 1 is 1.39 bits per heavy atom. The fraction of sp³-hybridized carbons (Fsp3) is 0.562. The predicted molar refractivity (Wildman–Crippen MR) is 83.8 cm³/mol. The number of nitrogens with zero attached hydrogens (tertiary/aromatic N) is 2. The van der Waals surface area contributed by atoms with Crippen molar-refractivity contribution in [2.75, 3.05) is 19.7 Å². The van der Waals surface area contributed by atoms with E-state index >= 15 is 0 Å². The van der Waals surface area contributed by atoms with Crippen LogP contribution in [0.5, 0.6) is 0 Å². The van der Waals surface area contributed by atoms with Crippen molar-refractivity contribution >= 4 is 10.0 Å². The van der Waals surface area contributed by atoms with Crippen molar-refractivity contribution < 1.29 is 17.5 Å². The lowest BCUT2D eigenvalue weighted by Gasteiger charge is -2.21. The number of halogens is 1. The number of ether oxygens (including phenoxy) is 1. The van der Waals surface area contributed by atoms with Gasteiger partial charge in [-0.05, 0) is 37.8 Å². The summed E-state index contributed by atoms with van der Waals surface area (Å²) in [6, 6.07) is 5.35. The van der Waals surface area contributed by atoms with Gasteiger partial charge < -0.3 is 4.74 Å². The minimum absolute atomic E-state index is 0.0538. The monoisotopic (exact) mass is 340 g/mol. The van der Waals surface area contributed by atoms with E-state index in [4.69, 9.17) is 10.00 Å². The van der Waals surface area contributed by atoms with Crippen molar-refractivity contribution in [3.63, 3.8) is 0 Å². The van der Waals surface area contributed by atoms with Gasteiger partial charge in [-0.1, -0.05) is 13.0 Å². The Hall–Kier alpha value is -1.49. The van der Waals surface area contributed by atoms with Gasteiger partial charge in [0.1, 0.15) is 22.3 Å². The molecule has 1 aliphatic heterocycles. The molecule has 126 valence electrons. The summed E-state index contributed by atoms with van der Waals surface area (Å²) in [5.41, 5.74) is -0.421. The lowest BCUT2D eigenvalue weighted by Crippen LogP contribution is -2.33. The number of benzene rings is 1. The molecule has 1 unspecified atom stereocenters. The summed E-state index contributed by atoms with van der Waals surface area (Å²) < 4.78 is 46.3. The highest BCUT2D eigenvalue weighted by molar-refractivity contribution is 7.89. The second-order valence-electron chi connectivity index (χ2n) is 5.55. The first-order valence-corrected chi connectivity index (χ1v) is 9.25. The Bertz CT molecular complexity index is 685. The van der Waals surface area contributed by atoms with Crippen LogP contribution in [0.3, 0.4) is 0 Å². The van der Waals surface area contributed by atoms with E-state index in [0.29, 0.717) is 32.5 Å². The maximum atomic E-state index is 13.7. The molecule has 0 N–H and O–H groups in total. The second-order valence-corrected chi connectivity index (χ2v) is 7.46. The Balaban J connectivity index is 2.21. The first-order valence-electron chi connectivity index (χ1n) is 7.81. The third kappa shape index (κ3) is 4.08. The summed E-state index contributed by atoms with van der Waals surface area (Å²) in [5.74, 6) is -0.812. The largest absolute Gasteiger partial charge is 0.378 e. The molecule has 0 saturated carbocycles. The van der Waals surface area contributed by atoms with E-state index < -0.39 is 21.4 Å². The normalized spacial score (nSPS) is 20.0. The Morgan fingerprint density at radius 2 is 2.17 bits per heavy atom. The Labute approximate surface area is 136 Å². The van der Waals surface area contributed by atoms with Gasteiger partial charge in [-0.2, -0.15) is 9.57 Å². The van der Waals surface area contributed by atoms with Gasteiger partial charge >= 0.3 is 0 Å². The highest BCUT2D eigenvalue weighted by Crippen LogP contribution is 2.25. The molecule has 1 atom stereocenters. The molecule has 0 bridgehead atoms. The van der Waals surface area contributed by atoms with Gasteiger partial charge in [0.15, 0.2) is 0 Å². The molecule has 1 heterocycles. The highest BCUT2D eigenvalue weighted by atomic mass is 32.2. The summed E-state index contributed by atoms with van der Waals surface area (Å²) >= 11 is 0. The summed E-state index contributed by atoms with van der Waals surface area (Å²) in [7, 11) is -3.88. The molecule has 0 amide bonds. The van der Waals surface area contributed by atoms with E-state index in [1.54, 1.807) is 6.07 Å². The van der Waals surface area contributed by atoms with Crippen LogP contribution in [-0.2, 0) is 14.8 Å². The van der Waals surface area contributed by atoms with Crippen molar-refractivity contribution in [3.05, 3.63) is 29.6 Å². The van der Waals surface area contributed by atoms with E-state index in [9.17, 15) is 12.8 Å². The topological polar surface area (TPSA) is 70.4 Å². The molecule has 1 aromatic rings. The van der Waals surface area contributed by atoms with E-state index in [1.807, 2.05) is 6.92 Å². The standard InChI is InChI=1S/C16H21FN2O3S/c1-2-11-22-13-5-4-9-19(10-8-13)23(20,21)16-7-3-6-15(17)14(16)12-18/h3,6-7,13H,2,4-5,8-11H2,1H3. The highest BCUT2D eigenvalue weighted by Gasteiger charge is 2.30. The van der Waals surface area contributed by atoms with Crippen LogP contribution in [0.25, 0.3) is 0 Å². The molecule has 1 fully saturated rings. The van der Waals surface area contributed by atoms with Gasteiger partial charge in [0.2, 0.25) is 10.0 Å². The minimum atomic E-state index is -3.88. The second kappa shape index (κ2) is 7.86. The van der Waals surface area contributed by atoms with Gasteiger partial charge in [-0.15, -0.1) is 0 Å². The molecular weight excluding hydrogens is 319 g/mol. The van der Waals surface area contributed by atoms with Gasteiger partial charge in [-0.3, -0.25) is 0 Å². The van der Waals surface area contributed by atoms with Crippen molar-refractivity contribution in [1.29, 1.82) is 5.26 Å². The van der Waals surface area contributed by atoms with Crippen LogP contribution in [0, 0.1) is 17.1 Å². The van der Waals surface area contributed by atoms with E-state index in [2.05, 4.69) is 0 Å². The first kappa shape index (κ1) is 17.9. The van der Waals surface area contributed by atoms with Crippen LogP contribution >= 0.6 is 0 Å². The molecule has 1 aromatic carbocycles. The zero-order chi connectivity index (χ0) is 16.9. The lowest BCUT2D eigenvalue weighted by atomic mass is 10.2. The summed E-state index contributed by atoms with van der Waals surface area (Å²) in [4.78, 5) is -0.257. The first-order chi connectivity index (χ1) is 11.0. The fourth-order valence-electron chi connectivity index (χ4n) is 2.70. The number of sulfonamides is 1. The number of hydrogen-bond donors (Lipinski definition) is 0. The van der Waals surface area contributed by atoms with E-state index in [0.717, 1.165) is 18.9 Å². The average Bonchev–Trinajstić information content (AvgIpc) is 2.78. The molecule has 0 radical (unpaired) electrons. The van der Waals surface area contributed by atoms with Crippen molar-refractivity contribution in [3.8, 4) is 6.07 Å². The molecule has 2 rings (SSSR count). The van der Waals surface area contributed by atoms with Crippen LogP contribution < -0.4 is 0 Å².